The number of aromatic nitrogens is 1. The van der Waals surface area contributed by atoms with Crippen molar-refractivity contribution in [2.45, 2.75) is 24.9 Å². The van der Waals surface area contributed by atoms with Crippen LogP contribution in [0.1, 0.15) is 13.8 Å². The molecule has 138 valence electrons. The monoisotopic (exact) mass is 400 g/mol. The summed E-state index contributed by atoms with van der Waals surface area (Å²) in [5, 5.41) is 4.84. The van der Waals surface area contributed by atoms with Crippen LogP contribution in [0.2, 0.25) is 0 Å². The molecule has 0 saturated carbocycles. The Balaban J connectivity index is 0. The van der Waals surface area contributed by atoms with Crippen LogP contribution >= 0.6 is 24.8 Å². The average Bonchev–Trinajstić information content (AvgIpc) is 2.43. The van der Waals surface area contributed by atoms with E-state index in [1.165, 1.54) is 18.3 Å². The number of sulfone groups is 1. The van der Waals surface area contributed by atoms with E-state index in [0.29, 0.717) is 5.69 Å². The Kier molecular flexibility index (Phi) is 10.8. The van der Waals surface area contributed by atoms with Crippen molar-refractivity contribution in [3.8, 4) is 0 Å². The molecule has 4 N–H and O–H groups in total. The third kappa shape index (κ3) is 7.91. The molecule has 0 fully saturated rings. The van der Waals surface area contributed by atoms with E-state index in [1.54, 1.807) is 13.8 Å². The summed E-state index contributed by atoms with van der Waals surface area (Å²) >= 11 is 0. The largest absolute Gasteiger partial charge is 0.346 e. The number of rotatable bonds is 6. The van der Waals surface area contributed by atoms with Crippen molar-refractivity contribution in [3.63, 3.8) is 0 Å². The molecule has 1 atom stereocenters. The number of pyridine rings is 1. The van der Waals surface area contributed by atoms with Crippen LogP contribution in [0, 0.1) is 5.92 Å². The molecular formula is C13H22Cl2N4O4S. The van der Waals surface area contributed by atoms with Gasteiger partial charge >= 0.3 is 0 Å². The highest BCUT2D eigenvalue weighted by atomic mass is 35.5. The Bertz CT molecular complexity index is 650. The summed E-state index contributed by atoms with van der Waals surface area (Å²) in [5.41, 5.74) is 5.98. The predicted molar refractivity (Wildman–Crippen MR) is 96.3 cm³/mol. The summed E-state index contributed by atoms with van der Waals surface area (Å²) in [4.78, 5) is 27.0. The highest BCUT2D eigenvalue weighted by molar-refractivity contribution is 7.90. The second-order valence-electron chi connectivity index (χ2n) is 5.19. The van der Waals surface area contributed by atoms with Crippen LogP contribution in [0.4, 0.5) is 5.69 Å². The number of anilines is 1. The van der Waals surface area contributed by atoms with Crippen LogP contribution in [0.15, 0.2) is 23.4 Å². The molecule has 0 spiro atoms. The lowest BCUT2D eigenvalue weighted by Gasteiger charge is -2.15. The second-order valence-corrected chi connectivity index (χ2v) is 7.16. The molecule has 1 rings (SSSR count). The maximum absolute atomic E-state index is 11.7. The number of amides is 2. The Hall–Kier alpha value is -1.42. The minimum absolute atomic E-state index is 0. The van der Waals surface area contributed by atoms with Crippen molar-refractivity contribution in [1.82, 2.24) is 10.3 Å². The average molecular weight is 401 g/mol. The van der Waals surface area contributed by atoms with Crippen LogP contribution in [-0.2, 0) is 19.4 Å². The van der Waals surface area contributed by atoms with Gasteiger partial charge in [-0.3, -0.25) is 9.59 Å². The summed E-state index contributed by atoms with van der Waals surface area (Å²) in [5.74, 6) is -0.898. The fourth-order valence-corrected chi connectivity index (χ4v) is 2.03. The lowest BCUT2D eigenvalue weighted by Crippen LogP contribution is -2.46. The standard InChI is InChI=1S/C13H20N4O4S.2ClH/c1-8(2)12(14)13(19)16-7-10(18)17-9-4-5-11(15-6-9)22(3,20)21;;/h4-6,8,12H,7,14H2,1-3H3,(H,16,19)(H,17,18);2*1H/t12-;;/m0../s1. The minimum Gasteiger partial charge on any atom is -0.346 e. The Morgan fingerprint density at radius 1 is 1.25 bits per heavy atom. The summed E-state index contributed by atoms with van der Waals surface area (Å²) in [6.45, 7) is 3.38. The van der Waals surface area contributed by atoms with Crippen molar-refractivity contribution < 1.29 is 18.0 Å². The minimum atomic E-state index is -3.38. The number of nitrogens with two attached hydrogens (primary N) is 1. The molecule has 11 heteroatoms. The molecule has 24 heavy (non-hydrogen) atoms. The van der Waals surface area contributed by atoms with Crippen molar-refractivity contribution in [1.29, 1.82) is 0 Å². The maximum Gasteiger partial charge on any atom is 0.243 e. The van der Waals surface area contributed by atoms with Crippen LogP contribution in [0.5, 0.6) is 0 Å². The molecule has 1 aromatic heterocycles. The highest BCUT2D eigenvalue weighted by Gasteiger charge is 2.17. The zero-order valence-electron chi connectivity index (χ0n) is 13.5. The number of carbonyl (C=O) groups excluding carboxylic acids is 2. The Morgan fingerprint density at radius 2 is 1.83 bits per heavy atom. The van der Waals surface area contributed by atoms with Gasteiger partial charge in [-0.05, 0) is 18.1 Å². The first kappa shape index (κ1) is 24.8. The Labute approximate surface area is 153 Å². The lowest BCUT2D eigenvalue weighted by atomic mass is 10.1. The highest BCUT2D eigenvalue weighted by Crippen LogP contribution is 2.09. The normalized spacial score (nSPS) is 11.7. The van der Waals surface area contributed by atoms with Crippen LogP contribution in [-0.4, -0.2) is 44.1 Å². The molecule has 0 aliphatic carbocycles. The smallest absolute Gasteiger partial charge is 0.243 e. The zero-order chi connectivity index (χ0) is 16.9. The molecule has 0 aliphatic rings. The van der Waals surface area contributed by atoms with E-state index in [-0.39, 0.29) is 42.3 Å². The zero-order valence-corrected chi connectivity index (χ0v) is 15.9. The van der Waals surface area contributed by atoms with E-state index in [2.05, 4.69) is 15.6 Å². The topological polar surface area (TPSA) is 131 Å². The van der Waals surface area contributed by atoms with Crippen molar-refractivity contribution in [2.75, 3.05) is 18.1 Å². The van der Waals surface area contributed by atoms with E-state index in [0.717, 1.165) is 6.26 Å². The van der Waals surface area contributed by atoms with Crippen molar-refractivity contribution >= 4 is 52.2 Å². The van der Waals surface area contributed by atoms with Gasteiger partial charge in [0.25, 0.3) is 0 Å². The molecule has 0 aromatic carbocycles. The summed E-state index contributed by atoms with van der Waals surface area (Å²) in [6.07, 6.45) is 2.27. The van der Waals surface area contributed by atoms with Crippen LogP contribution in [0.3, 0.4) is 0 Å². The Morgan fingerprint density at radius 3 is 2.25 bits per heavy atom. The van der Waals surface area contributed by atoms with Gasteiger partial charge in [0, 0.05) is 6.26 Å². The maximum atomic E-state index is 11.7. The molecule has 8 nitrogen and oxygen atoms in total. The van der Waals surface area contributed by atoms with E-state index < -0.39 is 27.7 Å². The van der Waals surface area contributed by atoms with Crippen LogP contribution in [0.25, 0.3) is 0 Å². The van der Waals surface area contributed by atoms with Gasteiger partial charge in [-0.1, -0.05) is 13.8 Å². The van der Waals surface area contributed by atoms with E-state index >= 15 is 0 Å². The van der Waals surface area contributed by atoms with Gasteiger partial charge in [0.15, 0.2) is 14.9 Å². The fraction of sp³-hybridized carbons (Fsp3) is 0.462. The molecule has 0 saturated heterocycles. The number of carbonyl (C=O) groups is 2. The number of hydrogen-bond donors (Lipinski definition) is 3. The molecule has 0 bridgehead atoms. The second kappa shape index (κ2) is 10.4. The molecule has 2 amide bonds. The van der Waals surface area contributed by atoms with Crippen molar-refractivity contribution in [2.24, 2.45) is 11.7 Å². The summed E-state index contributed by atoms with van der Waals surface area (Å²) in [6, 6.07) is 2.03. The van der Waals surface area contributed by atoms with E-state index in [1.807, 2.05) is 0 Å². The first-order chi connectivity index (χ1) is 10.1. The first-order valence-electron chi connectivity index (χ1n) is 6.60. The van der Waals surface area contributed by atoms with Gasteiger partial charge in [0.05, 0.1) is 24.5 Å². The molecule has 1 aromatic rings. The quantitative estimate of drug-likeness (QED) is 0.631. The molecule has 0 radical (unpaired) electrons. The molecule has 0 unspecified atom stereocenters. The van der Waals surface area contributed by atoms with Gasteiger partial charge < -0.3 is 16.4 Å². The van der Waals surface area contributed by atoms with E-state index in [9.17, 15) is 18.0 Å². The number of halogens is 2. The third-order valence-electron chi connectivity index (χ3n) is 2.84. The summed E-state index contributed by atoms with van der Waals surface area (Å²) < 4.78 is 22.5. The number of nitrogens with one attached hydrogen (secondary N) is 2. The number of nitrogens with zero attached hydrogens (tertiary/aromatic N) is 1. The number of hydrogen-bond acceptors (Lipinski definition) is 6. The molecular weight excluding hydrogens is 379 g/mol. The van der Waals surface area contributed by atoms with E-state index in [4.69, 9.17) is 5.73 Å². The fourth-order valence-electron chi connectivity index (χ4n) is 1.47. The first-order valence-corrected chi connectivity index (χ1v) is 8.49. The SMILES string of the molecule is CC(C)[C@H](N)C(=O)NCC(=O)Nc1ccc(S(C)(=O)=O)nc1.Cl.Cl. The van der Waals surface area contributed by atoms with Gasteiger partial charge in [0.2, 0.25) is 11.8 Å². The van der Waals surface area contributed by atoms with Gasteiger partial charge in [-0.25, -0.2) is 13.4 Å². The van der Waals surface area contributed by atoms with Gasteiger partial charge in [-0.15, -0.1) is 24.8 Å². The predicted octanol–water partition coefficient (Wildman–Crippen LogP) is 0.367. The van der Waals surface area contributed by atoms with Crippen LogP contribution < -0.4 is 16.4 Å². The summed E-state index contributed by atoms with van der Waals surface area (Å²) in [7, 11) is -3.38. The van der Waals surface area contributed by atoms with Gasteiger partial charge in [0.1, 0.15) is 0 Å². The van der Waals surface area contributed by atoms with Crippen molar-refractivity contribution in [3.05, 3.63) is 18.3 Å². The molecule has 0 aliphatic heterocycles. The third-order valence-corrected chi connectivity index (χ3v) is 3.85. The van der Waals surface area contributed by atoms with Gasteiger partial charge in [-0.2, -0.15) is 0 Å². The molecule has 1 heterocycles. The lowest BCUT2D eigenvalue weighted by molar-refractivity contribution is -0.125.